The number of hydrogen-bond acceptors (Lipinski definition) is 3. The number of phenols is 1. The number of hydrogen-bond donors (Lipinski definition) is 3. The van der Waals surface area contributed by atoms with Gasteiger partial charge >= 0.3 is 0 Å². The summed E-state index contributed by atoms with van der Waals surface area (Å²) in [6.45, 7) is 1.35. The molecule has 0 aromatic heterocycles. The third-order valence-corrected chi connectivity index (χ3v) is 2.89. The predicted octanol–water partition coefficient (Wildman–Crippen LogP) is 2.62. The van der Waals surface area contributed by atoms with Crippen molar-refractivity contribution in [3.63, 3.8) is 0 Å². The van der Waals surface area contributed by atoms with Gasteiger partial charge in [0.1, 0.15) is 5.75 Å². The maximum absolute atomic E-state index is 11.8. The number of phenolic OH excluding ortho intramolecular Hbond substituents is 1. The topological polar surface area (TPSA) is 61.4 Å². The summed E-state index contributed by atoms with van der Waals surface area (Å²) in [5.41, 5.74) is 1.38. The highest BCUT2D eigenvalue weighted by Gasteiger charge is 2.08. The highest BCUT2D eigenvalue weighted by atomic mass is 16.3. The molecule has 0 aliphatic carbocycles. The van der Waals surface area contributed by atoms with Crippen LogP contribution < -0.4 is 10.6 Å². The fourth-order valence-corrected chi connectivity index (χ4v) is 1.84. The summed E-state index contributed by atoms with van der Waals surface area (Å²) in [6.07, 6.45) is 0.814. The van der Waals surface area contributed by atoms with E-state index in [4.69, 9.17) is 0 Å². The van der Waals surface area contributed by atoms with Gasteiger partial charge in [-0.2, -0.15) is 0 Å². The molecular weight excluding hydrogens is 252 g/mol. The molecule has 2 aromatic carbocycles. The molecule has 0 heterocycles. The molecule has 0 saturated heterocycles. The average Bonchev–Trinajstić information content (AvgIpc) is 2.48. The summed E-state index contributed by atoms with van der Waals surface area (Å²) in [7, 11) is 0. The van der Waals surface area contributed by atoms with E-state index in [0.717, 1.165) is 18.7 Å². The largest absolute Gasteiger partial charge is 0.507 e. The number of aromatic hydroxyl groups is 1. The Morgan fingerprint density at radius 1 is 0.950 bits per heavy atom. The Bertz CT molecular complexity index is 555. The molecule has 2 rings (SSSR count). The van der Waals surface area contributed by atoms with Crippen LogP contribution in [0.25, 0.3) is 0 Å². The lowest BCUT2D eigenvalue weighted by Crippen LogP contribution is -2.25. The first-order chi connectivity index (χ1) is 9.77. The van der Waals surface area contributed by atoms with Crippen LogP contribution in [0.15, 0.2) is 54.6 Å². The van der Waals surface area contributed by atoms with Crippen molar-refractivity contribution in [3.8, 4) is 5.75 Å². The molecule has 3 N–H and O–H groups in total. The van der Waals surface area contributed by atoms with Gasteiger partial charge in [0.05, 0.1) is 5.56 Å². The summed E-state index contributed by atoms with van der Waals surface area (Å²) in [6, 6.07) is 16.4. The van der Waals surface area contributed by atoms with Crippen molar-refractivity contribution < 1.29 is 9.90 Å². The standard InChI is InChI=1S/C16H18N2O2/c19-15-10-5-4-9-14(15)16(20)18-12-6-11-17-13-7-2-1-3-8-13/h1-5,7-10,17,19H,6,11-12H2,(H,18,20). The minimum atomic E-state index is -0.247. The predicted molar refractivity (Wildman–Crippen MR) is 80.0 cm³/mol. The highest BCUT2D eigenvalue weighted by molar-refractivity contribution is 5.96. The Kier molecular flexibility index (Phi) is 5.00. The van der Waals surface area contributed by atoms with E-state index in [1.165, 1.54) is 6.07 Å². The van der Waals surface area contributed by atoms with Gasteiger partial charge in [0.15, 0.2) is 0 Å². The fourth-order valence-electron chi connectivity index (χ4n) is 1.84. The van der Waals surface area contributed by atoms with Gasteiger partial charge in [0, 0.05) is 18.8 Å². The summed E-state index contributed by atoms with van der Waals surface area (Å²) >= 11 is 0. The quantitative estimate of drug-likeness (QED) is 0.707. The van der Waals surface area contributed by atoms with Gasteiger partial charge in [0.25, 0.3) is 5.91 Å². The fraction of sp³-hybridized carbons (Fsp3) is 0.188. The van der Waals surface area contributed by atoms with Crippen molar-refractivity contribution in [2.45, 2.75) is 6.42 Å². The molecule has 4 nitrogen and oxygen atoms in total. The highest BCUT2D eigenvalue weighted by Crippen LogP contribution is 2.14. The molecule has 2 aromatic rings. The number of rotatable bonds is 6. The molecular formula is C16H18N2O2. The van der Waals surface area contributed by atoms with E-state index >= 15 is 0 Å². The lowest BCUT2D eigenvalue weighted by atomic mass is 10.2. The van der Waals surface area contributed by atoms with Crippen molar-refractivity contribution in [2.24, 2.45) is 0 Å². The number of nitrogens with one attached hydrogen (secondary N) is 2. The minimum Gasteiger partial charge on any atom is -0.507 e. The first kappa shape index (κ1) is 13.9. The van der Waals surface area contributed by atoms with Gasteiger partial charge in [-0.25, -0.2) is 0 Å². The average molecular weight is 270 g/mol. The zero-order valence-corrected chi connectivity index (χ0v) is 11.2. The van der Waals surface area contributed by atoms with Crippen LogP contribution in [-0.2, 0) is 0 Å². The molecule has 0 aliphatic rings. The minimum absolute atomic E-state index is 0.00686. The number of para-hydroxylation sites is 2. The molecule has 0 unspecified atom stereocenters. The zero-order chi connectivity index (χ0) is 14.2. The van der Waals surface area contributed by atoms with E-state index in [-0.39, 0.29) is 11.7 Å². The van der Waals surface area contributed by atoms with Gasteiger partial charge in [-0.1, -0.05) is 30.3 Å². The number of anilines is 1. The molecule has 1 amide bonds. The van der Waals surface area contributed by atoms with Crippen molar-refractivity contribution in [2.75, 3.05) is 18.4 Å². The Morgan fingerprint density at radius 2 is 1.65 bits per heavy atom. The first-order valence-electron chi connectivity index (χ1n) is 6.62. The van der Waals surface area contributed by atoms with Gasteiger partial charge in [0.2, 0.25) is 0 Å². The maximum atomic E-state index is 11.8. The molecule has 4 heteroatoms. The molecule has 0 fully saturated rings. The summed E-state index contributed by atoms with van der Waals surface area (Å²) < 4.78 is 0. The summed E-state index contributed by atoms with van der Waals surface area (Å²) in [4.78, 5) is 11.8. The van der Waals surface area contributed by atoms with Crippen LogP contribution in [0.4, 0.5) is 5.69 Å². The Balaban J connectivity index is 1.69. The van der Waals surface area contributed by atoms with E-state index in [9.17, 15) is 9.90 Å². The summed E-state index contributed by atoms with van der Waals surface area (Å²) in [5, 5.41) is 15.6. The number of benzene rings is 2. The number of carbonyl (C=O) groups is 1. The van der Waals surface area contributed by atoms with Gasteiger partial charge in [-0.15, -0.1) is 0 Å². The zero-order valence-electron chi connectivity index (χ0n) is 11.2. The lowest BCUT2D eigenvalue weighted by Gasteiger charge is -2.08. The van der Waals surface area contributed by atoms with Crippen LogP contribution in [0.3, 0.4) is 0 Å². The first-order valence-corrected chi connectivity index (χ1v) is 6.62. The van der Waals surface area contributed by atoms with E-state index in [0.29, 0.717) is 12.1 Å². The van der Waals surface area contributed by atoms with E-state index in [1.54, 1.807) is 18.2 Å². The maximum Gasteiger partial charge on any atom is 0.255 e. The number of amides is 1. The third-order valence-electron chi connectivity index (χ3n) is 2.89. The van der Waals surface area contributed by atoms with Crippen LogP contribution in [-0.4, -0.2) is 24.1 Å². The normalized spacial score (nSPS) is 10.0. The van der Waals surface area contributed by atoms with Crippen molar-refractivity contribution in [1.82, 2.24) is 5.32 Å². The SMILES string of the molecule is O=C(NCCCNc1ccccc1)c1ccccc1O. The third kappa shape index (κ3) is 4.02. The van der Waals surface area contributed by atoms with E-state index in [1.807, 2.05) is 30.3 Å². The van der Waals surface area contributed by atoms with Crippen molar-refractivity contribution >= 4 is 11.6 Å². The van der Waals surface area contributed by atoms with Gasteiger partial charge in [-0.05, 0) is 30.7 Å². The molecule has 0 atom stereocenters. The smallest absolute Gasteiger partial charge is 0.255 e. The molecule has 0 saturated carbocycles. The molecule has 0 bridgehead atoms. The van der Waals surface area contributed by atoms with E-state index in [2.05, 4.69) is 10.6 Å². The van der Waals surface area contributed by atoms with Gasteiger partial charge in [-0.3, -0.25) is 4.79 Å². The van der Waals surface area contributed by atoms with Crippen molar-refractivity contribution in [1.29, 1.82) is 0 Å². The van der Waals surface area contributed by atoms with E-state index < -0.39 is 0 Å². The van der Waals surface area contributed by atoms with Crippen LogP contribution in [0.2, 0.25) is 0 Å². The monoisotopic (exact) mass is 270 g/mol. The van der Waals surface area contributed by atoms with Crippen LogP contribution in [0.5, 0.6) is 5.75 Å². The van der Waals surface area contributed by atoms with Crippen LogP contribution in [0, 0.1) is 0 Å². The summed E-state index contributed by atoms with van der Waals surface area (Å²) in [5.74, 6) is -0.241. The number of carbonyl (C=O) groups excluding carboxylic acids is 1. The molecule has 20 heavy (non-hydrogen) atoms. The Hall–Kier alpha value is -2.49. The Labute approximate surface area is 118 Å². The lowest BCUT2D eigenvalue weighted by molar-refractivity contribution is 0.0951. The van der Waals surface area contributed by atoms with Crippen LogP contribution in [0.1, 0.15) is 16.8 Å². The Morgan fingerprint density at radius 3 is 2.40 bits per heavy atom. The molecule has 0 spiro atoms. The van der Waals surface area contributed by atoms with Gasteiger partial charge < -0.3 is 15.7 Å². The second kappa shape index (κ2) is 7.19. The second-order valence-corrected chi connectivity index (χ2v) is 4.42. The second-order valence-electron chi connectivity index (χ2n) is 4.42. The molecule has 104 valence electrons. The van der Waals surface area contributed by atoms with Crippen molar-refractivity contribution in [3.05, 3.63) is 60.2 Å². The molecule has 0 aliphatic heterocycles. The van der Waals surface area contributed by atoms with Crippen LogP contribution >= 0.6 is 0 Å². The molecule has 0 radical (unpaired) electrons.